The average molecular weight is 126 g/mol. The normalized spacial score (nSPS) is 42.7. The van der Waals surface area contributed by atoms with Gasteiger partial charge in [0.25, 0.3) is 0 Å². The highest BCUT2D eigenvalue weighted by Gasteiger charge is 2.28. The minimum Gasteiger partial charge on any atom is -0.257 e. The molecule has 1 aliphatic carbocycles. The van der Waals surface area contributed by atoms with Crippen LogP contribution in [-0.2, 0) is 0 Å². The van der Waals surface area contributed by atoms with Crippen molar-refractivity contribution in [3.63, 3.8) is 0 Å². The highest BCUT2D eigenvalue weighted by Crippen LogP contribution is 2.25. The van der Waals surface area contributed by atoms with Crippen LogP contribution in [0.15, 0.2) is 0 Å². The standard InChI is InChI=1S/C7H14N2/c1-2-4-7-6(3-1)5-8-9-7/h6-9H,1-5H2/t6-,7?/m0/s1. The van der Waals surface area contributed by atoms with E-state index in [1.54, 1.807) is 0 Å². The van der Waals surface area contributed by atoms with E-state index in [0.717, 1.165) is 12.0 Å². The molecular weight excluding hydrogens is 112 g/mol. The maximum Gasteiger partial charge on any atom is 0.0253 e. The van der Waals surface area contributed by atoms with Crippen LogP contribution in [-0.4, -0.2) is 12.6 Å². The second kappa shape index (κ2) is 2.27. The Labute approximate surface area is 56.0 Å². The second-order valence-corrected chi connectivity index (χ2v) is 3.18. The number of fused-ring (bicyclic) bond motifs is 1. The number of rotatable bonds is 0. The zero-order valence-corrected chi connectivity index (χ0v) is 5.69. The van der Waals surface area contributed by atoms with Gasteiger partial charge in [0.15, 0.2) is 0 Å². The maximum absolute atomic E-state index is 3.31. The Morgan fingerprint density at radius 1 is 1.11 bits per heavy atom. The van der Waals surface area contributed by atoms with Gasteiger partial charge in [-0.25, -0.2) is 0 Å². The third-order valence-corrected chi connectivity index (χ3v) is 2.56. The van der Waals surface area contributed by atoms with Crippen molar-refractivity contribution < 1.29 is 0 Å². The van der Waals surface area contributed by atoms with Gasteiger partial charge < -0.3 is 0 Å². The van der Waals surface area contributed by atoms with Crippen molar-refractivity contribution in [2.45, 2.75) is 31.7 Å². The van der Waals surface area contributed by atoms with Crippen molar-refractivity contribution in [3.8, 4) is 0 Å². The van der Waals surface area contributed by atoms with E-state index in [2.05, 4.69) is 10.9 Å². The molecule has 0 bridgehead atoms. The van der Waals surface area contributed by atoms with E-state index in [9.17, 15) is 0 Å². The third-order valence-electron chi connectivity index (χ3n) is 2.56. The molecule has 0 amide bonds. The minimum atomic E-state index is 0.804. The number of hydrogen-bond acceptors (Lipinski definition) is 2. The molecule has 52 valence electrons. The number of nitrogens with one attached hydrogen (secondary N) is 2. The van der Waals surface area contributed by atoms with Crippen LogP contribution in [0.1, 0.15) is 25.7 Å². The van der Waals surface area contributed by atoms with Crippen molar-refractivity contribution in [1.82, 2.24) is 10.9 Å². The molecule has 0 aromatic rings. The Balaban J connectivity index is 1.97. The maximum atomic E-state index is 3.31. The fraction of sp³-hybridized carbons (Fsp3) is 1.00. The molecule has 2 aliphatic rings. The molecule has 0 radical (unpaired) electrons. The predicted molar refractivity (Wildman–Crippen MR) is 36.9 cm³/mol. The van der Waals surface area contributed by atoms with Crippen LogP contribution in [0, 0.1) is 5.92 Å². The largest absolute Gasteiger partial charge is 0.257 e. The number of hydrazine groups is 1. The number of hydrogen-bond donors (Lipinski definition) is 2. The van der Waals surface area contributed by atoms with Crippen molar-refractivity contribution in [3.05, 3.63) is 0 Å². The fourth-order valence-electron chi connectivity index (χ4n) is 1.96. The molecule has 1 aliphatic heterocycles. The first-order valence-corrected chi connectivity index (χ1v) is 3.95. The summed E-state index contributed by atoms with van der Waals surface area (Å²) < 4.78 is 0. The van der Waals surface area contributed by atoms with E-state index in [1.165, 1.54) is 32.2 Å². The van der Waals surface area contributed by atoms with Crippen LogP contribution in [0.4, 0.5) is 0 Å². The Hall–Kier alpha value is -0.0800. The fourth-order valence-corrected chi connectivity index (χ4v) is 1.96. The van der Waals surface area contributed by atoms with E-state index in [0.29, 0.717) is 0 Å². The molecule has 2 heteroatoms. The van der Waals surface area contributed by atoms with Crippen molar-refractivity contribution in [2.24, 2.45) is 5.92 Å². The smallest absolute Gasteiger partial charge is 0.0253 e. The molecule has 1 saturated carbocycles. The van der Waals surface area contributed by atoms with Crippen LogP contribution >= 0.6 is 0 Å². The molecule has 2 fully saturated rings. The lowest BCUT2D eigenvalue weighted by Crippen LogP contribution is -2.32. The lowest BCUT2D eigenvalue weighted by Gasteiger charge is -2.22. The van der Waals surface area contributed by atoms with E-state index < -0.39 is 0 Å². The molecule has 9 heavy (non-hydrogen) atoms. The van der Waals surface area contributed by atoms with Gasteiger partial charge >= 0.3 is 0 Å². The van der Waals surface area contributed by atoms with E-state index in [1.807, 2.05) is 0 Å². The van der Waals surface area contributed by atoms with Crippen LogP contribution in [0.2, 0.25) is 0 Å². The molecule has 2 rings (SSSR count). The van der Waals surface area contributed by atoms with Gasteiger partial charge in [-0.05, 0) is 18.8 Å². The SMILES string of the molecule is C1CC[C@H]2CNNC2C1. The summed E-state index contributed by atoms with van der Waals surface area (Å²) in [5.41, 5.74) is 6.52. The molecule has 1 heterocycles. The first-order chi connectivity index (χ1) is 4.47. The Kier molecular flexibility index (Phi) is 1.44. The average Bonchev–Trinajstić information content (AvgIpc) is 2.33. The van der Waals surface area contributed by atoms with E-state index in [-0.39, 0.29) is 0 Å². The van der Waals surface area contributed by atoms with Gasteiger partial charge in [-0.2, -0.15) is 0 Å². The van der Waals surface area contributed by atoms with E-state index in [4.69, 9.17) is 0 Å². The van der Waals surface area contributed by atoms with Gasteiger partial charge in [-0.15, -0.1) is 0 Å². The minimum absolute atomic E-state index is 0.804. The lowest BCUT2D eigenvalue weighted by molar-refractivity contribution is 0.334. The van der Waals surface area contributed by atoms with Crippen LogP contribution in [0.3, 0.4) is 0 Å². The summed E-state index contributed by atoms with van der Waals surface area (Å²) >= 11 is 0. The van der Waals surface area contributed by atoms with Crippen LogP contribution in [0.5, 0.6) is 0 Å². The molecule has 0 aromatic heterocycles. The van der Waals surface area contributed by atoms with Crippen molar-refractivity contribution in [1.29, 1.82) is 0 Å². The summed E-state index contributed by atoms with van der Waals surface area (Å²) in [7, 11) is 0. The summed E-state index contributed by atoms with van der Waals surface area (Å²) in [4.78, 5) is 0. The van der Waals surface area contributed by atoms with Crippen LogP contribution < -0.4 is 10.9 Å². The monoisotopic (exact) mass is 126 g/mol. The molecule has 2 N–H and O–H groups in total. The lowest BCUT2D eigenvalue weighted by atomic mass is 9.86. The molecule has 0 aromatic carbocycles. The molecule has 1 saturated heterocycles. The topological polar surface area (TPSA) is 24.1 Å². The molecule has 1 unspecified atom stereocenters. The summed E-state index contributed by atoms with van der Waals surface area (Å²) in [6.07, 6.45) is 5.70. The zero-order chi connectivity index (χ0) is 6.10. The molecule has 2 atom stereocenters. The Morgan fingerprint density at radius 2 is 2.00 bits per heavy atom. The van der Waals surface area contributed by atoms with Gasteiger partial charge in [0.1, 0.15) is 0 Å². The zero-order valence-electron chi connectivity index (χ0n) is 5.69. The van der Waals surface area contributed by atoms with Gasteiger partial charge in [-0.3, -0.25) is 10.9 Å². The predicted octanol–water partition coefficient (Wildman–Crippen LogP) is 0.653. The highest BCUT2D eigenvalue weighted by atomic mass is 15.4. The van der Waals surface area contributed by atoms with Gasteiger partial charge in [0.2, 0.25) is 0 Å². The van der Waals surface area contributed by atoms with Gasteiger partial charge in [0, 0.05) is 12.6 Å². The molecular formula is C7H14N2. The van der Waals surface area contributed by atoms with Gasteiger partial charge in [0.05, 0.1) is 0 Å². The van der Waals surface area contributed by atoms with E-state index >= 15 is 0 Å². The second-order valence-electron chi connectivity index (χ2n) is 3.18. The first-order valence-electron chi connectivity index (χ1n) is 3.95. The summed E-state index contributed by atoms with van der Waals surface area (Å²) in [6, 6.07) is 0.804. The Morgan fingerprint density at radius 3 is 2.89 bits per heavy atom. The Bertz CT molecular complexity index is 91.1. The van der Waals surface area contributed by atoms with Crippen molar-refractivity contribution >= 4 is 0 Å². The highest BCUT2D eigenvalue weighted by molar-refractivity contribution is 4.85. The quantitative estimate of drug-likeness (QED) is 0.498. The molecule has 0 spiro atoms. The summed E-state index contributed by atoms with van der Waals surface area (Å²) in [6.45, 7) is 1.20. The third kappa shape index (κ3) is 0.970. The van der Waals surface area contributed by atoms with Crippen LogP contribution in [0.25, 0.3) is 0 Å². The van der Waals surface area contributed by atoms with Crippen molar-refractivity contribution in [2.75, 3.05) is 6.54 Å². The van der Waals surface area contributed by atoms with Gasteiger partial charge in [-0.1, -0.05) is 12.8 Å². The molecule has 2 nitrogen and oxygen atoms in total. The first kappa shape index (κ1) is 5.69. The summed E-state index contributed by atoms with van der Waals surface area (Å²) in [5, 5.41) is 0. The summed E-state index contributed by atoms with van der Waals surface area (Å²) in [5.74, 6) is 0.943.